The van der Waals surface area contributed by atoms with Crippen LogP contribution in [0.1, 0.15) is 13.8 Å². The van der Waals surface area contributed by atoms with E-state index in [1.165, 1.54) is 13.0 Å². The number of aliphatic carboxylic acids is 1. The molecular formula is C6H7KN2O2. The minimum absolute atomic E-state index is 0. The third-order valence-corrected chi connectivity index (χ3v) is 1.32. The van der Waals surface area contributed by atoms with Crippen molar-refractivity contribution in [1.29, 1.82) is 0 Å². The summed E-state index contributed by atoms with van der Waals surface area (Å²) in [7, 11) is 0. The molecule has 0 amide bonds. The van der Waals surface area contributed by atoms with Crippen molar-refractivity contribution in [2.45, 2.75) is 19.4 Å². The van der Waals surface area contributed by atoms with Gasteiger partial charge < -0.3 is 9.90 Å². The molecule has 0 aromatic rings. The Labute approximate surface area is 107 Å². The molecule has 0 saturated carbocycles. The molecule has 1 rings (SSSR count). The number of carbonyl (C=O) groups is 1. The summed E-state index contributed by atoms with van der Waals surface area (Å²) in [6, 6.07) is 0. The molecule has 0 aromatic heterocycles. The number of rotatable bonds is 1. The van der Waals surface area contributed by atoms with Crippen LogP contribution in [0, 0.1) is 0 Å². The van der Waals surface area contributed by atoms with Crippen LogP contribution in [-0.4, -0.2) is 11.5 Å². The van der Waals surface area contributed by atoms with E-state index in [2.05, 4.69) is 10.2 Å². The predicted octanol–water partition coefficient (Wildman–Crippen LogP) is -3.13. The molecule has 0 fully saturated rings. The van der Waals surface area contributed by atoms with Crippen LogP contribution in [0.2, 0.25) is 0 Å². The van der Waals surface area contributed by atoms with Gasteiger partial charge in [0.25, 0.3) is 0 Å². The Bertz CT molecular complexity index is 237. The monoisotopic (exact) mass is 178 g/mol. The number of nitrogens with zero attached hydrogens (tertiary/aromatic N) is 2. The topological polar surface area (TPSA) is 64.8 Å². The molecule has 1 atom stereocenters. The number of allylic oxidation sites excluding steroid dienone is 1. The smallest absolute Gasteiger partial charge is 0.547 e. The van der Waals surface area contributed by atoms with Gasteiger partial charge in [-0.3, -0.25) is 0 Å². The fourth-order valence-corrected chi connectivity index (χ4v) is 0.747. The number of hydrogen-bond acceptors (Lipinski definition) is 4. The van der Waals surface area contributed by atoms with Crippen LogP contribution in [-0.2, 0) is 4.79 Å². The van der Waals surface area contributed by atoms with Gasteiger partial charge in [-0.05, 0) is 19.9 Å². The van der Waals surface area contributed by atoms with Crippen LogP contribution in [0.3, 0.4) is 0 Å². The summed E-state index contributed by atoms with van der Waals surface area (Å²) in [5.41, 5.74) is -0.615. The molecule has 0 aromatic carbocycles. The standard InChI is InChI=1S/C6H8N2O2.K/c1-4-3-6(2,5(9)10)8-7-4;/h3H,1-2H3,(H,9,10);/q;+1/p-1. The van der Waals surface area contributed by atoms with E-state index in [4.69, 9.17) is 0 Å². The average molecular weight is 178 g/mol. The molecule has 1 aliphatic heterocycles. The van der Waals surface area contributed by atoms with Crippen molar-refractivity contribution >= 4 is 5.97 Å². The molecule has 0 aliphatic carbocycles. The van der Waals surface area contributed by atoms with E-state index in [9.17, 15) is 9.90 Å². The molecule has 5 heteroatoms. The Morgan fingerprint density at radius 1 is 1.73 bits per heavy atom. The Kier molecular flexibility index (Phi) is 4.07. The van der Waals surface area contributed by atoms with Gasteiger partial charge in [-0.2, -0.15) is 10.2 Å². The fraction of sp³-hybridized carbons (Fsp3) is 0.500. The summed E-state index contributed by atoms with van der Waals surface area (Å²) in [5.74, 6) is -1.21. The van der Waals surface area contributed by atoms with Crippen LogP contribution >= 0.6 is 0 Å². The van der Waals surface area contributed by atoms with Gasteiger partial charge >= 0.3 is 51.4 Å². The Balaban J connectivity index is 0.000001000. The van der Waals surface area contributed by atoms with Crippen LogP contribution in [0.4, 0.5) is 0 Å². The molecule has 1 heterocycles. The van der Waals surface area contributed by atoms with Crippen LogP contribution in [0.5, 0.6) is 0 Å². The minimum Gasteiger partial charge on any atom is -0.547 e. The molecule has 1 aliphatic rings. The van der Waals surface area contributed by atoms with E-state index in [0.29, 0.717) is 5.70 Å². The molecule has 0 spiro atoms. The third-order valence-electron chi connectivity index (χ3n) is 1.32. The summed E-state index contributed by atoms with van der Waals surface area (Å²) in [6.45, 7) is 3.14. The van der Waals surface area contributed by atoms with Gasteiger partial charge in [-0.15, -0.1) is 0 Å². The first kappa shape index (κ1) is 11.4. The van der Waals surface area contributed by atoms with Gasteiger partial charge in [0, 0.05) is 0 Å². The summed E-state index contributed by atoms with van der Waals surface area (Å²) in [4.78, 5) is 10.4. The van der Waals surface area contributed by atoms with Crippen LogP contribution in [0.25, 0.3) is 0 Å². The number of carboxylic acids is 1. The third kappa shape index (κ3) is 2.45. The molecule has 11 heavy (non-hydrogen) atoms. The largest absolute Gasteiger partial charge is 1.00 e. The SMILES string of the molecule is CC1=CC(C)(C(=O)[O-])N=N1.[K+]. The van der Waals surface area contributed by atoms with E-state index in [0.717, 1.165) is 0 Å². The van der Waals surface area contributed by atoms with Crippen LogP contribution < -0.4 is 56.5 Å². The second-order valence-corrected chi connectivity index (χ2v) is 2.42. The van der Waals surface area contributed by atoms with Gasteiger partial charge in [-0.1, -0.05) is 0 Å². The molecular weight excluding hydrogens is 171 g/mol. The quantitative estimate of drug-likeness (QED) is 0.398. The Hall–Kier alpha value is 0.446. The maximum absolute atomic E-state index is 10.4. The zero-order chi connectivity index (χ0) is 7.78. The Morgan fingerprint density at radius 3 is 2.45 bits per heavy atom. The summed E-state index contributed by atoms with van der Waals surface area (Å²) < 4.78 is 0. The summed E-state index contributed by atoms with van der Waals surface area (Å²) in [5, 5.41) is 17.5. The molecule has 54 valence electrons. The summed E-state index contributed by atoms with van der Waals surface area (Å²) >= 11 is 0. The van der Waals surface area contributed by atoms with E-state index >= 15 is 0 Å². The predicted molar refractivity (Wildman–Crippen MR) is 32.0 cm³/mol. The maximum Gasteiger partial charge on any atom is 1.00 e. The number of carboxylic acid groups (broad SMARTS) is 1. The first-order valence-electron chi connectivity index (χ1n) is 2.88. The molecule has 0 radical (unpaired) electrons. The molecule has 0 bridgehead atoms. The van der Waals surface area contributed by atoms with E-state index in [1.54, 1.807) is 6.92 Å². The maximum atomic E-state index is 10.4. The van der Waals surface area contributed by atoms with Crippen molar-refractivity contribution in [3.05, 3.63) is 11.8 Å². The summed E-state index contributed by atoms with van der Waals surface area (Å²) in [6.07, 6.45) is 1.46. The molecule has 0 saturated heterocycles. The van der Waals surface area contributed by atoms with Crippen LogP contribution in [0.15, 0.2) is 22.0 Å². The molecule has 1 unspecified atom stereocenters. The number of hydrogen-bond donors (Lipinski definition) is 0. The Morgan fingerprint density at radius 2 is 2.27 bits per heavy atom. The van der Waals surface area contributed by atoms with Crippen molar-refractivity contribution < 1.29 is 61.3 Å². The first-order chi connectivity index (χ1) is 4.54. The fourth-order valence-electron chi connectivity index (χ4n) is 0.747. The number of carbonyl (C=O) groups excluding carboxylic acids is 1. The van der Waals surface area contributed by atoms with E-state index in [1.807, 2.05) is 0 Å². The van der Waals surface area contributed by atoms with Crippen molar-refractivity contribution in [3.63, 3.8) is 0 Å². The average Bonchev–Trinajstić information content (AvgIpc) is 2.13. The second-order valence-electron chi connectivity index (χ2n) is 2.42. The van der Waals surface area contributed by atoms with E-state index in [-0.39, 0.29) is 51.4 Å². The van der Waals surface area contributed by atoms with Gasteiger partial charge in [0.15, 0.2) is 0 Å². The van der Waals surface area contributed by atoms with Crippen molar-refractivity contribution in [2.24, 2.45) is 10.2 Å². The number of azo groups is 1. The van der Waals surface area contributed by atoms with Crippen molar-refractivity contribution in [2.75, 3.05) is 0 Å². The zero-order valence-corrected chi connectivity index (χ0v) is 9.91. The minimum atomic E-state index is -1.23. The normalized spacial score (nSPS) is 27.6. The molecule has 4 nitrogen and oxygen atoms in total. The van der Waals surface area contributed by atoms with Gasteiger partial charge in [-0.25, -0.2) is 0 Å². The van der Waals surface area contributed by atoms with E-state index < -0.39 is 11.5 Å². The van der Waals surface area contributed by atoms with Crippen molar-refractivity contribution in [3.8, 4) is 0 Å². The first-order valence-corrected chi connectivity index (χ1v) is 2.88. The second kappa shape index (κ2) is 3.91. The van der Waals surface area contributed by atoms with Gasteiger partial charge in [0.2, 0.25) is 0 Å². The molecule has 0 N–H and O–H groups in total. The van der Waals surface area contributed by atoms with Gasteiger partial charge in [0.05, 0.1) is 11.7 Å². The zero-order valence-electron chi connectivity index (χ0n) is 6.79. The van der Waals surface area contributed by atoms with Gasteiger partial charge in [0.1, 0.15) is 5.54 Å². The van der Waals surface area contributed by atoms with Crippen molar-refractivity contribution in [1.82, 2.24) is 0 Å².